The molecule has 0 fully saturated rings. The van der Waals surface area contributed by atoms with Crippen LogP contribution in [0.3, 0.4) is 0 Å². The molecule has 0 saturated heterocycles. The van der Waals surface area contributed by atoms with E-state index in [2.05, 4.69) is 0 Å². The number of phenols is 1. The predicted octanol–water partition coefficient (Wildman–Crippen LogP) is 6.22. The van der Waals surface area contributed by atoms with Crippen LogP contribution in [0, 0.1) is 10.8 Å². The Morgan fingerprint density at radius 1 is 0.714 bits per heavy atom. The lowest BCUT2D eigenvalue weighted by Gasteiger charge is -2.18. The molecule has 0 unspecified atom stereocenters. The van der Waals surface area contributed by atoms with Crippen LogP contribution < -0.4 is 4.74 Å². The third kappa shape index (κ3) is 5.98. The minimum absolute atomic E-state index is 0.0160. The molecular weight excluding hydrogens is 484 g/mol. The lowest BCUT2D eigenvalue weighted by Crippen LogP contribution is -2.10. The summed E-state index contributed by atoms with van der Waals surface area (Å²) in [6, 6.07) is 9.63. The summed E-state index contributed by atoms with van der Waals surface area (Å²) in [5.41, 5.74) is 1.30. The van der Waals surface area contributed by atoms with Crippen molar-refractivity contribution in [2.24, 2.45) is 10.8 Å². The molecule has 0 aliphatic carbocycles. The van der Waals surface area contributed by atoms with Gasteiger partial charge in [0.25, 0.3) is 0 Å². The third-order valence-corrected chi connectivity index (χ3v) is 9.30. The van der Waals surface area contributed by atoms with Crippen LogP contribution in [0.4, 0.5) is 0 Å². The van der Waals surface area contributed by atoms with E-state index in [1.165, 1.54) is 19.2 Å². The molecule has 35 heavy (non-hydrogen) atoms. The summed E-state index contributed by atoms with van der Waals surface area (Å²) in [7, 11) is -5.20. The van der Waals surface area contributed by atoms with Crippen LogP contribution in [0.15, 0.2) is 56.0 Å². The van der Waals surface area contributed by atoms with Gasteiger partial charge in [-0.1, -0.05) is 41.5 Å². The van der Waals surface area contributed by atoms with Crippen LogP contribution >= 0.6 is 0 Å². The van der Waals surface area contributed by atoms with Crippen LogP contribution in [0.1, 0.15) is 65.5 Å². The molecule has 4 rings (SSSR count). The molecule has 0 bridgehead atoms. The second kappa shape index (κ2) is 9.13. The van der Waals surface area contributed by atoms with Crippen molar-refractivity contribution in [1.29, 1.82) is 0 Å². The largest absolute Gasteiger partial charge is 0.508 e. The number of aromatic hydroxyl groups is 1. The van der Waals surface area contributed by atoms with Gasteiger partial charge in [-0.05, 0) is 83.3 Å². The van der Waals surface area contributed by atoms with Crippen LogP contribution in [-0.2, 0) is 19.7 Å². The molecule has 190 valence electrons. The number of rotatable bonds is 3. The van der Waals surface area contributed by atoms with Crippen molar-refractivity contribution in [3.8, 4) is 11.5 Å². The maximum absolute atomic E-state index is 12.4. The molecule has 2 aromatic carbocycles. The van der Waals surface area contributed by atoms with E-state index in [1.54, 1.807) is 36.4 Å². The quantitative estimate of drug-likeness (QED) is 0.518. The Bertz CT molecular complexity index is 1410. The zero-order chi connectivity index (χ0) is 26.4. The zero-order valence-electron chi connectivity index (χ0n) is 21.3. The van der Waals surface area contributed by atoms with Gasteiger partial charge in [-0.2, -0.15) is 0 Å². The molecule has 2 aliphatic heterocycles. The van der Waals surface area contributed by atoms with Crippen molar-refractivity contribution in [3.63, 3.8) is 0 Å². The average molecular weight is 519 g/mol. The Morgan fingerprint density at radius 3 is 1.57 bits per heavy atom. The second-order valence-electron chi connectivity index (χ2n) is 11.3. The minimum atomic E-state index is -3.40. The Morgan fingerprint density at radius 2 is 1.14 bits per heavy atom. The van der Waals surface area contributed by atoms with Crippen molar-refractivity contribution in [2.75, 3.05) is 7.11 Å². The Kier molecular flexibility index (Phi) is 7.05. The fraction of sp³-hybridized carbons (Fsp3) is 0.407. The maximum atomic E-state index is 12.4. The molecule has 2 aromatic rings. The van der Waals surface area contributed by atoms with E-state index in [0.29, 0.717) is 38.9 Å². The van der Waals surface area contributed by atoms with Gasteiger partial charge in [-0.15, -0.1) is 0 Å². The van der Waals surface area contributed by atoms with Crippen molar-refractivity contribution < 1.29 is 26.7 Å². The summed E-state index contributed by atoms with van der Waals surface area (Å²) in [4.78, 5) is 1.52. The first-order valence-corrected chi connectivity index (χ1v) is 14.3. The van der Waals surface area contributed by atoms with E-state index in [0.717, 1.165) is 5.56 Å². The van der Waals surface area contributed by atoms with Gasteiger partial charge in [0.2, 0.25) is 19.7 Å². The van der Waals surface area contributed by atoms with Gasteiger partial charge < -0.3 is 9.84 Å². The summed E-state index contributed by atoms with van der Waals surface area (Å²) in [6.07, 6.45) is 4.53. The summed E-state index contributed by atoms with van der Waals surface area (Å²) in [6.45, 7) is 12.1. The number of benzene rings is 2. The first-order chi connectivity index (χ1) is 15.9. The molecule has 0 spiro atoms. The highest BCUT2D eigenvalue weighted by Crippen LogP contribution is 2.41. The van der Waals surface area contributed by atoms with Gasteiger partial charge >= 0.3 is 0 Å². The number of fused-ring (bicyclic) bond motifs is 2. The number of hydrogen-bond acceptors (Lipinski definition) is 6. The number of phenolic OH excluding ortho intramolecular Hbond substituents is 1. The number of allylic oxidation sites excluding steroid dienone is 2. The summed E-state index contributed by atoms with van der Waals surface area (Å²) in [5, 5.41) is 9.36. The van der Waals surface area contributed by atoms with E-state index < -0.39 is 19.7 Å². The number of ether oxygens (including phenoxy) is 1. The fourth-order valence-electron chi connectivity index (χ4n) is 3.99. The molecule has 0 radical (unpaired) electrons. The summed E-state index contributed by atoms with van der Waals surface area (Å²) >= 11 is 0. The van der Waals surface area contributed by atoms with Gasteiger partial charge in [0, 0.05) is 0 Å². The molecule has 0 aromatic heterocycles. The van der Waals surface area contributed by atoms with Crippen molar-refractivity contribution in [2.45, 2.75) is 64.2 Å². The Labute approximate surface area is 209 Å². The molecule has 0 saturated carbocycles. The van der Waals surface area contributed by atoms with Gasteiger partial charge in [0.15, 0.2) is 0 Å². The Hall–Kier alpha value is -2.58. The normalized spacial score (nSPS) is 17.5. The third-order valence-electron chi connectivity index (χ3n) is 5.53. The lowest BCUT2D eigenvalue weighted by molar-refractivity contribution is 0.413. The molecule has 0 amide bonds. The van der Waals surface area contributed by atoms with E-state index in [4.69, 9.17) is 4.74 Å². The topological polar surface area (TPSA) is 97.7 Å². The van der Waals surface area contributed by atoms with Gasteiger partial charge in [-0.3, -0.25) is 0 Å². The predicted molar refractivity (Wildman–Crippen MR) is 140 cm³/mol. The standard InChI is InChI=1S/C14H18O3S.C13H16O3S/c1-14(2,3)9-12-7-10-5-6-11(17-4)8-13(10)18(12,15)16;1-13(2,3)8-11-6-9-4-5-10(14)7-12(9)17(11,15)16/h5-8H,9H2,1-4H3;4-7,14H,8H2,1-3H3. The van der Waals surface area contributed by atoms with Crippen LogP contribution in [0.5, 0.6) is 11.5 Å². The molecule has 6 nitrogen and oxygen atoms in total. The van der Waals surface area contributed by atoms with E-state index in [-0.39, 0.29) is 21.5 Å². The number of methoxy groups -OCH3 is 1. The van der Waals surface area contributed by atoms with Crippen molar-refractivity contribution >= 4 is 31.8 Å². The highest BCUT2D eigenvalue weighted by Gasteiger charge is 2.33. The molecule has 2 aliphatic rings. The summed E-state index contributed by atoms with van der Waals surface area (Å²) < 4.78 is 54.4. The monoisotopic (exact) mass is 518 g/mol. The van der Waals surface area contributed by atoms with Gasteiger partial charge in [-0.25, -0.2) is 16.8 Å². The number of sulfone groups is 2. The minimum Gasteiger partial charge on any atom is -0.508 e. The molecule has 1 N–H and O–H groups in total. The molecular formula is C27H34O6S2. The summed E-state index contributed by atoms with van der Waals surface area (Å²) in [5.74, 6) is 0.556. The van der Waals surface area contributed by atoms with Crippen LogP contribution in [-0.4, -0.2) is 29.1 Å². The van der Waals surface area contributed by atoms with Crippen molar-refractivity contribution in [1.82, 2.24) is 0 Å². The van der Waals surface area contributed by atoms with Gasteiger partial charge in [0.1, 0.15) is 11.5 Å². The van der Waals surface area contributed by atoms with E-state index in [9.17, 15) is 21.9 Å². The van der Waals surface area contributed by atoms with Gasteiger partial charge in [0.05, 0.1) is 26.7 Å². The molecule has 8 heteroatoms. The first kappa shape index (κ1) is 27.0. The zero-order valence-corrected chi connectivity index (χ0v) is 23.0. The SMILES string of the molecule is CC(C)(C)CC1=Cc2ccc(O)cc2S1(=O)=O.COc1ccc2c(c1)S(=O)(=O)C(CC(C)(C)C)=C2. The van der Waals surface area contributed by atoms with Crippen molar-refractivity contribution in [3.05, 3.63) is 57.3 Å². The highest BCUT2D eigenvalue weighted by molar-refractivity contribution is 7.96. The first-order valence-electron chi connectivity index (χ1n) is 11.4. The molecule has 0 atom stereocenters. The fourth-order valence-corrected chi connectivity index (χ4v) is 7.79. The van der Waals surface area contributed by atoms with E-state index in [1.807, 2.05) is 41.5 Å². The van der Waals surface area contributed by atoms with Crippen LogP contribution in [0.25, 0.3) is 12.2 Å². The van der Waals surface area contributed by atoms with E-state index >= 15 is 0 Å². The maximum Gasteiger partial charge on any atom is 0.203 e. The Balaban J connectivity index is 0.000000196. The number of hydrogen-bond donors (Lipinski definition) is 1. The lowest BCUT2D eigenvalue weighted by atomic mass is 9.92. The second-order valence-corrected chi connectivity index (χ2v) is 15.3. The molecule has 2 heterocycles. The average Bonchev–Trinajstić information content (AvgIpc) is 3.09. The van der Waals surface area contributed by atoms with Crippen LogP contribution in [0.2, 0.25) is 0 Å². The smallest absolute Gasteiger partial charge is 0.203 e. The highest BCUT2D eigenvalue weighted by atomic mass is 32.2.